The van der Waals surface area contributed by atoms with Crippen LogP contribution >= 0.6 is 11.6 Å². The quantitative estimate of drug-likeness (QED) is 0.398. The number of rotatable bonds is 5. The molecule has 0 radical (unpaired) electrons. The van der Waals surface area contributed by atoms with E-state index in [0.29, 0.717) is 29.9 Å². The summed E-state index contributed by atoms with van der Waals surface area (Å²) in [6.45, 7) is 2.74. The Hall–Kier alpha value is -3.86. The molecule has 4 aromatic rings. The number of fused-ring (bicyclic) bond motifs is 2. The van der Waals surface area contributed by atoms with Crippen LogP contribution < -0.4 is 10.3 Å². The molecular weight excluding hydrogens is 499 g/mol. The van der Waals surface area contributed by atoms with E-state index in [1.807, 2.05) is 6.92 Å². The van der Waals surface area contributed by atoms with Crippen molar-refractivity contribution in [2.75, 3.05) is 19.7 Å². The zero-order valence-corrected chi connectivity index (χ0v) is 19.7. The number of benzene rings is 1. The van der Waals surface area contributed by atoms with E-state index in [1.54, 1.807) is 34.1 Å². The highest BCUT2D eigenvalue weighted by atomic mass is 35.5. The van der Waals surface area contributed by atoms with Crippen LogP contribution in [0.3, 0.4) is 0 Å². The number of nitrogens with zero attached hydrogens (tertiary/aromatic N) is 5. The Balaban J connectivity index is 1.31. The first-order chi connectivity index (χ1) is 17.1. The highest BCUT2D eigenvalue weighted by Gasteiger charge is 2.34. The lowest BCUT2D eigenvalue weighted by Crippen LogP contribution is -2.46. The van der Waals surface area contributed by atoms with E-state index in [0.717, 1.165) is 11.8 Å². The van der Waals surface area contributed by atoms with Crippen molar-refractivity contribution in [2.24, 2.45) is 0 Å². The lowest BCUT2D eigenvalue weighted by molar-refractivity contribution is -0.137. The lowest BCUT2D eigenvalue weighted by Gasteiger charge is -2.29. The molecule has 0 fully saturated rings. The summed E-state index contributed by atoms with van der Waals surface area (Å²) < 4.78 is 48.3. The second-order valence-corrected chi connectivity index (χ2v) is 8.69. The lowest BCUT2D eigenvalue weighted by atomic mass is 10.1. The van der Waals surface area contributed by atoms with Gasteiger partial charge in [0.15, 0.2) is 0 Å². The van der Waals surface area contributed by atoms with Gasteiger partial charge >= 0.3 is 6.18 Å². The summed E-state index contributed by atoms with van der Waals surface area (Å²) in [5.74, 6) is -0.00951. The van der Waals surface area contributed by atoms with Crippen LogP contribution in [0.15, 0.2) is 53.8 Å². The predicted molar refractivity (Wildman–Crippen MR) is 126 cm³/mol. The zero-order valence-electron chi connectivity index (χ0n) is 18.9. The van der Waals surface area contributed by atoms with Crippen LogP contribution in [-0.2, 0) is 12.7 Å². The molecule has 0 bridgehead atoms. The standard InChI is InChI=1S/C24H19ClF3N5O3/c1-14-12-32(13-30-14)19-2-3-20-22(34)31(6-7-33(20)23(19)35)8-9-36-21-4-5-29-18-11-16(24(26,27)28)17(25)10-15(18)21/h2-5,10-13H,6-9H2,1H3. The summed E-state index contributed by atoms with van der Waals surface area (Å²) in [6, 6.07) is 6.79. The summed E-state index contributed by atoms with van der Waals surface area (Å²) in [5.41, 5.74) is 0.279. The molecule has 1 aromatic carbocycles. The zero-order chi connectivity index (χ0) is 25.6. The first-order valence-corrected chi connectivity index (χ1v) is 11.3. The van der Waals surface area contributed by atoms with E-state index in [2.05, 4.69) is 9.97 Å². The van der Waals surface area contributed by atoms with Crippen molar-refractivity contribution < 1.29 is 22.7 Å². The minimum Gasteiger partial charge on any atom is -0.491 e. The fraction of sp³-hybridized carbons (Fsp3) is 0.250. The first kappa shape index (κ1) is 23.9. The van der Waals surface area contributed by atoms with Gasteiger partial charge in [-0.25, -0.2) is 4.98 Å². The Morgan fingerprint density at radius 1 is 1.11 bits per heavy atom. The largest absolute Gasteiger partial charge is 0.491 e. The molecule has 1 aliphatic heterocycles. The van der Waals surface area contributed by atoms with Crippen LogP contribution in [0.25, 0.3) is 16.6 Å². The molecule has 0 saturated carbocycles. The van der Waals surface area contributed by atoms with Crippen molar-refractivity contribution in [3.63, 3.8) is 0 Å². The summed E-state index contributed by atoms with van der Waals surface area (Å²) in [5, 5.41) is -0.119. The molecule has 186 valence electrons. The average Bonchev–Trinajstić information content (AvgIpc) is 3.26. The predicted octanol–water partition coefficient (Wildman–Crippen LogP) is 4.10. The highest BCUT2D eigenvalue weighted by molar-refractivity contribution is 6.32. The third-order valence-corrected chi connectivity index (χ3v) is 6.27. The van der Waals surface area contributed by atoms with Gasteiger partial charge in [0.05, 0.1) is 34.7 Å². The summed E-state index contributed by atoms with van der Waals surface area (Å²) >= 11 is 5.86. The summed E-state index contributed by atoms with van der Waals surface area (Å²) in [7, 11) is 0. The average molecular weight is 518 g/mol. The van der Waals surface area contributed by atoms with Gasteiger partial charge in [0.1, 0.15) is 23.7 Å². The van der Waals surface area contributed by atoms with Crippen molar-refractivity contribution in [1.29, 1.82) is 0 Å². The number of aromatic nitrogens is 4. The van der Waals surface area contributed by atoms with Gasteiger partial charge in [-0.2, -0.15) is 13.2 Å². The van der Waals surface area contributed by atoms with Crippen molar-refractivity contribution in [2.45, 2.75) is 19.6 Å². The van der Waals surface area contributed by atoms with E-state index in [9.17, 15) is 22.8 Å². The summed E-state index contributed by atoms with van der Waals surface area (Å²) in [4.78, 5) is 35.6. The second kappa shape index (κ2) is 8.98. The van der Waals surface area contributed by atoms with E-state index in [1.165, 1.54) is 22.9 Å². The Kier molecular flexibility index (Phi) is 5.95. The maximum Gasteiger partial charge on any atom is 0.417 e. The molecule has 0 N–H and O–H groups in total. The molecule has 4 heterocycles. The van der Waals surface area contributed by atoms with Crippen LogP contribution in [-0.4, -0.2) is 49.6 Å². The molecule has 0 aliphatic carbocycles. The third kappa shape index (κ3) is 4.30. The van der Waals surface area contributed by atoms with Gasteiger partial charge < -0.3 is 18.8 Å². The van der Waals surface area contributed by atoms with Gasteiger partial charge in [-0.05, 0) is 37.3 Å². The molecule has 1 aliphatic rings. The van der Waals surface area contributed by atoms with Crippen LogP contribution in [0.2, 0.25) is 5.02 Å². The fourth-order valence-electron chi connectivity index (χ4n) is 4.17. The number of aryl methyl sites for hydroxylation is 1. The minimum atomic E-state index is -4.60. The molecule has 5 rings (SSSR count). The number of carbonyl (C=O) groups is 1. The maximum absolute atomic E-state index is 13.2. The van der Waals surface area contributed by atoms with Crippen molar-refractivity contribution >= 4 is 28.4 Å². The molecule has 0 spiro atoms. The van der Waals surface area contributed by atoms with Crippen molar-refractivity contribution in [3.8, 4) is 11.4 Å². The molecule has 36 heavy (non-hydrogen) atoms. The molecule has 0 saturated heterocycles. The van der Waals surface area contributed by atoms with E-state index >= 15 is 0 Å². The first-order valence-electron chi connectivity index (χ1n) is 11.0. The van der Waals surface area contributed by atoms with E-state index < -0.39 is 16.8 Å². The van der Waals surface area contributed by atoms with Gasteiger partial charge in [0, 0.05) is 30.9 Å². The van der Waals surface area contributed by atoms with Crippen LogP contribution in [0.1, 0.15) is 21.7 Å². The fourth-order valence-corrected chi connectivity index (χ4v) is 4.44. The van der Waals surface area contributed by atoms with Gasteiger partial charge in [-0.3, -0.25) is 14.6 Å². The Labute approximate surface area is 207 Å². The number of pyridine rings is 2. The topological polar surface area (TPSA) is 82.3 Å². The van der Waals surface area contributed by atoms with Gasteiger partial charge in [0.25, 0.3) is 11.5 Å². The number of ether oxygens (including phenoxy) is 1. The van der Waals surface area contributed by atoms with Gasteiger partial charge in [0.2, 0.25) is 0 Å². The number of halogens is 4. The Bertz CT molecular complexity index is 1550. The van der Waals surface area contributed by atoms with Crippen LogP contribution in [0.5, 0.6) is 5.75 Å². The Morgan fingerprint density at radius 2 is 1.92 bits per heavy atom. The summed E-state index contributed by atoms with van der Waals surface area (Å²) in [6.07, 6.45) is 0.0278. The maximum atomic E-state index is 13.2. The third-order valence-electron chi connectivity index (χ3n) is 5.96. The smallest absolute Gasteiger partial charge is 0.417 e. The molecule has 0 unspecified atom stereocenters. The normalized spacial score (nSPS) is 13.8. The number of hydrogen-bond acceptors (Lipinski definition) is 5. The number of alkyl halides is 3. The molecular formula is C24H19ClF3N5O3. The van der Waals surface area contributed by atoms with Crippen molar-refractivity contribution in [1.82, 2.24) is 24.0 Å². The monoisotopic (exact) mass is 517 g/mol. The molecule has 1 amide bonds. The van der Waals surface area contributed by atoms with Crippen molar-refractivity contribution in [3.05, 3.63) is 81.4 Å². The van der Waals surface area contributed by atoms with Crippen LogP contribution in [0, 0.1) is 6.92 Å². The number of carbonyl (C=O) groups excluding carboxylic acids is 1. The SMILES string of the molecule is Cc1cn(-c2ccc3n(c2=O)CCN(CCOc2ccnc4cc(C(F)(F)F)c(Cl)cc24)C3=O)cn1. The van der Waals surface area contributed by atoms with Crippen LogP contribution in [0.4, 0.5) is 13.2 Å². The number of hydrogen-bond donors (Lipinski definition) is 0. The number of imidazole rings is 1. The highest BCUT2D eigenvalue weighted by Crippen LogP contribution is 2.38. The molecule has 0 atom stereocenters. The molecule has 3 aromatic heterocycles. The second-order valence-electron chi connectivity index (χ2n) is 8.28. The number of amides is 1. The van der Waals surface area contributed by atoms with Gasteiger partial charge in [-0.1, -0.05) is 11.6 Å². The Morgan fingerprint density at radius 3 is 2.64 bits per heavy atom. The van der Waals surface area contributed by atoms with Gasteiger partial charge in [-0.15, -0.1) is 0 Å². The van der Waals surface area contributed by atoms with E-state index in [-0.39, 0.29) is 35.8 Å². The minimum absolute atomic E-state index is 0.0835. The van der Waals surface area contributed by atoms with E-state index in [4.69, 9.17) is 16.3 Å². The molecule has 8 nitrogen and oxygen atoms in total. The molecule has 12 heteroatoms.